The summed E-state index contributed by atoms with van der Waals surface area (Å²) in [6.45, 7) is 1.44. The van der Waals surface area contributed by atoms with Gasteiger partial charge in [-0.25, -0.2) is 4.98 Å². The first-order valence-electron chi connectivity index (χ1n) is 7.78. The van der Waals surface area contributed by atoms with Crippen LogP contribution in [0.1, 0.15) is 25.5 Å². The van der Waals surface area contributed by atoms with Crippen LogP contribution in [0.4, 0.5) is 0 Å². The van der Waals surface area contributed by atoms with Crippen molar-refractivity contribution in [1.29, 1.82) is 0 Å². The zero-order chi connectivity index (χ0) is 18.2. The number of nitrogens with zero attached hydrogens (tertiary/aromatic N) is 1. The van der Waals surface area contributed by atoms with Crippen molar-refractivity contribution in [2.45, 2.75) is 32.4 Å². The number of oxazole rings is 1. The van der Waals surface area contributed by atoms with Crippen LogP contribution in [0.15, 0.2) is 41.0 Å². The van der Waals surface area contributed by atoms with Gasteiger partial charge in [0.2, 0.25) is 23.6 Å². The van der Waals surface area contributed by atoms with E-state index in [4.69, 9.17) is 10.2 Å². The molecule has 1 aromatic carbocycles. The van der Waals surface area contributed by atoms with Crippen molar-refractivity contribution in [2.24, 2.45) is 5.73 Å². The van der Waals surface area contributed by atoms with Gasteiger partial charge in [-0.05, 0) is 18.6 Å². The molecule has 0 spiro atoms. The molecule has 0 saturated carbocycles. The van der Waals surface area contributed by atoms with Crippen molar-refractivity contribution in [1.82, 2.24) is 15.6 Å². The highest BCUT2D eigenvalue weighted by Gasteiger charge is 2.20. The molecule has 8 nitrogen and oxygen atoms in total. The number of aromatic nitrogens is 1. The van der Waals surface area contributed by atoms with Gasteiger partial charge in [-0.2, -0.15) is 0 Å². The van der Waals surface area contributed by atoms with Crippen molar-refractivity contribution in [3.63, 3.8) is 0 Å². The first-order valence-corrected chi connectivity index (χ1v) is 7.78. The molecule has 0 fully saturated rings. The van der Waals surface area contributed by atoms with Gasteiger partial charge in [-0.1, -0.05) is 18.2 Å². The average Bonchev–Trinajstić information content (AvgIpc) is 3.06. The van der Waals surface area contributed by atoms with Gasteiger partial charge in [-0.15, -0.1) is 0 Å². The molecular formula is C17H20N4O4. The Bertz CT molecular complexity index is 742. The summed E-state index contributed by atoms with van der Waals surface area (Å²) in [5.41, 5.74) is 6.47. The smallest absolute Gasteiger partial charge is 0.242 e. The third-order valence-corrected chi connectivity index (χ3v) is 3.39. The Morgan fingerprint density at radius 2 is 1.96 bits per heavy atom. The van der Waals surface area contributed by atoms with E-state index in [1.807, 2.05) is 30.3 Å². The predicted octanol–water partition coefficient (Wildman–Crippen LogP) is 0.728. The summed E-state index contributed by atoms with van der Waals surface area (Å²) >= 11 is 0. The Morgan fingerprint density at radius 3 is 2.60 bits per heavy atom. The largest absolute Gasteiger partial charge is 0.444 e. The molecule has 8 heteroatoms. The monoisotopic (exact) mass is 344 g/mol. The molecule has 1 heterocycles. The van der Waals surface area contributed by atoms with Crippen LogP contribution in [0.2, 0.25) is 0 Å². The first-order chi connectivity index (χ1) is 12.0. The fourth-order valence-corrected chi connectivity index (χ4v) is 2.20. The van der Waals surface area contributed by atoms with E-state index in [9.17, 15) is 14.4 Å². The van der Waals surface area contributed by atoms with E-state index in [-0.39, 0.29) is 25.3 Å². The van der Waals surface area contributed by atoms with Gasteiger partial charge in [0, 0.05) is 18.9 Å². The van der Waals surface area contributed by atoms with E-state index in [0.717, 1.165) is 5.56 Å². The standard InChI is InChI=1S/C17H20N4O4/c1-11(22)20-14(7-8-15(18)23)16(24)19-9-13-10-25-17(21-13)12-5-3-2-4-6-12/h2-6,10,14H,7-9H2,1H3,(H2,18,23)(H,19,24)(H,20,22)/t14-/m0/s1. The topological polar surface area (TPSA) is 127 Å². The molecule has 1 atom stereocenters. The SMILES string of the molecule is CC(=O)N[C@@H](CCC(N)=O)C(=O)NCc1coc(-c2ccccc2)n1. The molecule has 0 saturated heterocycles. The number of rotatable bonds is 8. The lowest BCUT2D eigenvalue weighted by atomic mass is 10.1. The van der Waals surface area contributed by atoms with Gasteiger partial charge >= 0.3 is 0 Å². The molecule has 2 rings (SSSR count). The van der Waals surface area contributed by atoms with Crippen molar-refractivity contribution in [3.05, 3.63) is 42.3 Å². The van der Waals surface area contributed by atoms with Gasteiger partial charge < -0.3 is 20.8 Å². The highest BCUT2D eigenvalue weighted by Crippen LogP contribution is 2.17. The molecule has 1 aromatic heterocycles. The van der Waals surface area contributed by atoms with Crippen molar-refractivity contribution >= 4 is 17.7 Å². The lowest BCUT2D eigenvalue weighted by Crippen LogP contribution is -2.46. The van der Waals surface area contributed by atoms with E-state index >= 15 is 0 Å². The number of nitrogens with one attached hydrogen (secondary N) is 2. The Kier molecular flexibility index (Phi) is 6.27. The number of carbonyl (C=O) groups excluding carboxylic acids is 3. The Morgan fingerprint density at radius 1 is 1.24 bits per heavy atom. The molecule has 0 radical (unpaired) electrons. The van der Waals surface area contributed by atoms with Crippen LogP contribution in [-0.2, 0) is 20.9 Å². The maximum absolute atomic E-state index is 12.2. The second-order valence-electron chi connectivity index (χ2n) is 5.49. The summed E-state index contributed by atoms with van der Waals surface area (Å²) in [4.78, 5) is 38.6. The minimum absolute atomic E-state index is 0.000478. The van der Waals surface area contributed by atoms with E-state index in [2.05, 4.69) is 15.6 Å². The van der Waals surface area contributed by atoms with Crippen LogP contribution < -0.4 is 16.4 Å². The van der Waals surface area contributed by atoms with Crippen LogP contribution in [-0.4, -0.2) is 28.7 Å². The van der Waals surface area contributed by atoms with E-state index in [1.54, 1.807) is 0 Å². The fraction of sp³-hybridized carbons (Fsp3) is 0.294. The maximum atomic E-state index is 12.2. The molecule has 0 unspecified atom stereocenters. The Hall–Kier alpha value is -3.16. The lowest BCUT2D eigenvalue weighted by molar-refractivity contribution is -0.128. The number of hydrogen-bond acceptors (Lipinski definition) is 5. The minimum Gasteiger partial charge on any atom is -0.444 e. The van der Waals surface area contributed by atoms with E-state index < -0.39 is 17.9 Å². The van der Waals surface area contributed by atoms with Gasteiger partial charge in [-0.3, -0.25) is 14.4 Å². The normalized spacial score (nSPS) is 11.6. The van der Waals surface area contributed by atoms with Crippen LogP contribution in [0.25, 0.3) is 11.5 Å². The fourth-order valence-electron chi connectivity index (χ4n) is 2.20. The van der Waals surface area contributed by atoms with Crippen LogP contribution in [0.3, 0.4) is 0 Å². The summed E-state index contributed by atoms with van der Waals surface area (Å²) in [6.07, 6.45) is 1.59. The van der Waals surface area contributed by atoms with Gasteiger partial charge in [0.1, 0.15) is 12.3 Å². The number of nitrogens with two attached hydrogens (primary N) is 1. The summed E-state index contributed by atoms with van der Waals surface area (Å²) < 4.78 is 5.39. The summed E-state index contributed by atoms with van der Waals surface area (Å²) in [5.74, 6) is -0.859. The molecule has 0 aliphatic rings. The molecule has 132 valence electrons. The zero-order valence-electron chi connectivity index (χ0n) is 13.8. The third-order valence-electron chi connectivity index (χ3n) is 3.39. The molecule has 0 bridgehead atoms. The second kappa shape index (κ2) is 8.62. The van der Waals surface area contributed by atoms with Gasteiger partial charge in [0.25, 0.3) is 0 Å². The highest BCUT2D eigenvalue weighted by molar-refractivity contribution is 5.87. The molecular weight excluding hydrogens is 324 g/mol. The number of primary amides is 1. The number of carbonyl (C=O) groups is 3. The van der Waals surface area contributed by atoms with E-state index in [1.165, 1.54) is 13.2 Å². The van der Waals surface area contributed by atoms with Crippen molar-refractivity contribution < 1.29 is 18.8 Å². The minimum atomic E-state index is -0.828. The molecule has 2 aromatic rings. The van der Waals surface area contributed by atoms with Crippen molar-refractivity contribution in [2.75, 3.05) is 0 Å². The molecule has 25 heavy (non-hydrogen) atoms. The quantitative estimate of drug-likeness (QED) is 0.650. The van der Waals surface area contributed by atoms with Crippen LogP contribution in [0.5, 0.6) is 0 Å². The predicted molar refractivity (Wildman–Crippen MR) is 89.8 cm³/mol. The van der Waals surface area contributed by atoms with Crippen molar-refractivity contribution in [3.8, 4) is 11.5 Å². The number of amides is 3. The molecule has 3 amide bonds. The molecule has 0 aliphatic carbocycles. The highest BCUT2D eigenvalue weighted by atomic mass is 16.3. The third kappa shape index (κ3) is 5.76. The second-order valence-corrected chi connectivity index (χ2v) is 5.49. The average molecular weight is 344 g/mol. The number of benzene rings is 1. The molecule has 4 N–H and O–H groups in total. The Labute approximate surface area is 144 Å². The summed E-state index contributed by atoms with van der Waals surface area (Å²) in [7, 11) is 0. The maximum Gasteiger partial charge on any atom is 0.242 e. The lowest BCUT2D eigenvalue weighted by Gasteiger charge is -2.16. The zero-order valence-corrected chi connectivity index (χ0v) is 13.8. The van der Waals surface area contributed by atoms with Crippen LogP contribution in [0, 0.1) is 0 Å². The van der Waals surface area contributed by atoms with Gasteiger partial charge in [0.05, 0.1) is 12.2 Å². The first kappa shape index (κ1) is 18.2. The summed E-state index contributed by atoms with van der Waals surface area (Å²) in [5, 5.41) is 5.16. The van der Waals surface area contributed by atoms with Crippen LogP contribution >= 0.6 is 0 Å². The molecule has 0 aliphatic heterocycles. The Balaban J connectivity index is 1.94. The van der Waals surface area contributed by atoms with E-state index in [0.29, 0.717) is 11.6 Å². The number of hydrogen-bond donors (Lipinski definition) is 3. The van der Waals surface area contributed by atoms with Gasteiger partial charge in [0.15, 0.2) is 0 Å². The summed E-state index contributed by atoms with van der Waals surface area (Å²) in [6, 6.07) is 8.54.